The van der Waals surface area contributed by atoms with E-state index in [1.54, 1.807) is 0 Å². The summed E-state index contributed by atoms with van der Waals surface area (Å²) >= 11 is 3.87. The van der Waals surface area contributed by atoms with Gasteiger partial charge in [-0.05, 0) is 51.5 Å². The van der Waals surface area contributed by atoms with Gasteiger partial charge in [-0.2, -0.15) is 23.5 Å². The third-order valence-corrected chi connectivity index (χ3v) is 12.1. The van der Waals surface area contributed by atoms with Crippen LogP contribution in [0, 0.1) is 0 Å². The molecule has 0 bridgehead atoms. The summed E-state index contributed by atoms with van der Waals surface area (Å²) in [6.45, 7) is 18.5. The van der Waals surface area contributed by atoms with E-state index < -0.39 is 5.54 Å². The van der Waals surface area contributed by atoms with Gasteiger partial charge in [-0.1, -0.05) is 30.3 Å². The van der Waals surface area contributed by atoms with Crippen LogP contribution in [-0.4, -0.2) is 118 Å². The van der Waals surface area contributed by atoms with Gasteiger partial charge >= 0.3 is 0 Å². The normalized spacial score (nSPS) is 18.4. The van der Waals surface area contributed by atoms with Gasteiger partial charge in [-0.25, -0.2) is 0 Å². The monoisotopic (exact) mass is 718 g/mol. The molecule has 50 heavy (non-hydrogen) atoms. The number of carbonyl (C=O) groups is 1. The molecule has 0 N–H and O–H groups in total. The molecule has 270 valence electrons. The smallest absolute Gasteiger partial charge is 0.255 e. The van der Waals surface area contributed by atoms with Gasteiger partial charge < -0.3 is 28.9 Å². The molecule has 10 heteroatoms. The highest BCUT2D eigenvalue weighted by Crippen LogP contribution is 2.58. The molecule has 0 radical (unpaired) electrons. The van der Waals surface area contributed by atoms with Crippen molar-refractivity contribution in [1.29, 1.82) is 0 Å². The van der Waals surface area contributed by atoms with Gasteiger partial charge in [-0.15, -0.1) is 0 Å². The van der Waals surface area contributed by atoms with E-state index in [1.165, 1.54) is 0 Å². The minimum atomic E-state index is -0.806. The number of hydrogen-bond donors (Lipinski definition) is 0. The largest absolute Gasteiger partial charge is 0.456 e. The van der Waals surface area contributed by atoms with E-state index in [-0.39, 0.29) is 5.91 Å². The Labute approximate surface area is 307 Å². The zero-order valence-corrected chi connectivity index (χ0v) is 32.0. The molecule has 0 unspecified atom stereocenters. The van der Waals surface area contributed by atoms with Gasteiger partial charge in [0.15, 0.2) is 0 Å². The molecule has 0 aromatic heterocycles. The second-order valence-electron chi connectivity index (χ2n) is 12.8. The molecule has 8 nitrogen and oxygen atoms in total. The molecular weight excluding hydrogens is 665 g/mol. The van der Waals surface area contributed by atoms with Crippen molar-refractivity contribution in [2.75, 3.05) is 112 Å². The van der Waals surface area contributed by atoms with Crippen molar-refractivity contribution in [2.45, 2.75) is 33.2 Å². The Morgan fingerprint density at radius 1 is 0.660 bits per heavy atom. The highest BCUT2D eigenvalue weighted by molar-refractivity contribution is 7.99. The Hall–Kier alpha value is -2.89. The Morgan fingerprint density at radius 3 is 1.74 bits per heavy atom. The molecule has 3 heterocycles. The number of fused-ring (bicyclic) bond motifs is 6. The lowest BCUT2D eigenvalue weighted by Gasteiger charge is -2.45. The maximum atomic E-state index is 14.7. The number of nitrogens with zero attached hydrogens (tertiary/aromatic N) is 4. The zero-order chi connectivity index (χ0) is 34.9. The summed E-state index contributed by atoms with van der Waals surface area (Å²) in [6, 6.07) is 21.5. The summed E-state index contributed by atoms with van der Waals surface area (Å²) in [7, 11) is 0. The van der Waals surface area contributed by atoms with Crippen molar-refractivity contribution in [3.8, 4) is 11.5 Å². The molecule has 1 amide bonds. The maximum Gasteiger partial charge on any atom is 0.255 e. The number of benzene rings is 3. The first kappa shape index (κ1) is 36.9. The molecule has 1 saturated heterocycles. The van der Waals surface area contributed by atoms with Crippen LogP contribution in [0.25, 0.3) is 0 Å². The van der Waals surface area contributed by atoms with Gasteiger partial charge in [0, 0.05) is 116 Å². The number of carbonyl (C=O) groups excluding carboxylic acids is 1. The van der Waals surface area contributed by atoms with Crippen LogP contribution in [0.15, 0.2) is 60.7 Å². The Bertz CT molecular complexity index is 1500. The highest BCUT2D eigenvalue weighted by Gasteiger charge is 2.56. The van der Waals surface area contributed by atoms with Crippen molar-refractivity contribution in [2.24, 2.45) is 0 Å². The van der Waals surface area contributed by atoms with Gasteiger partial charge in [0.2, 0.25) is 0 Å². The second-order valence-corrected chi connectivity index (χ2v) is 15.3. The van der Waals surface area contributed by atoms with Crippen LogP contribution in [0.3, 0.4) is 0 Å². The third-order valence-electron chi connectivity index (χ3n) is 10.2. The first-order valence-electron chi connectivity index (χ1n) is 18.5. The molecular formula is C40H54N4O4S2. The first-order chi connectivity index (χ1) is 24.6. The second kappa shape index (κ2) is 17.6. The fourth-order valence-electron chi connectivity index (χ4n) is 7.63. The summed E-state index contributed by atoms with van der Waals surface area (Å²) in [6.07, 6.45) is 0. The molecule has 0 aliphatic carbocycles. The van der Waals surface area contributed by atoms with Crippen molar-refractivity contribution in [3.63, 3.8) is 0 Å². The van der Waals surface area contributed by atoms with Crippen LogP contribution in [0.1, 0.15) is 54.7 Å². The zero-order valence-electron chi connectivity index (χ0n) is 30.3. The number of rotatable bonds is 9. The molecule has 1 fully saturated rings. The van der Waals surface area contributed by atoms with Crippen LogP contribution in [0.4, 0.5) is 11.4 Å². The topological polar surface area (TPSA) is 57.7 Å². The van der Waals surface area contributed by atoms with E-state index >= 15 is 0 Å². The summed E-state index contributed by atoms with van der Waals surface area (Å²) in [5, 5.41) is 0. The van der Waals surface area contributed by atoms with Crippen LogP contribution in [-0.2, 0) is 15.0 Å². The van der Waals surface area contributed by atoms with Crippen LogP contribution in [0.2, 0.25) is 0 Å². The number of thioether (sulfide) groups is 2. The summed E-state index contributed by atoms with van der Waals surface area (Å²) in [4.78, 5) is 24.1. The molecule has 0 atom stereocenters. The van der Waals surface area contributed by atoms with Gasteiger partial charge in [-0.3, -0.25) is 9.69 Å². The predicted octanol–water partition coefficient (Wildman–Crippen LogP) is 7.05. The Balaban J connectivity index is 1.41. The lowest BCUT2D eigenvalue weighted by molar-refractivity contribution is 0.0605. The molecule has 1 spiro atoms. The number of hydrogen-bond acceptors (Lipinski definition) is 9. The van der Waals surface area contributed by atoms with E-state index in [0.29, 0.717) is 19.8 Å². The molecule has 3 aliphatic rings. The van der Waals surface area contributed by atoms with E-state index in [9.17, 15) is 4.79 Å². The lowest BCUT2D eigenvalue weighted by atomic mass is 9.74. The predicted molar refractivity (Wildman–Crippen MR) is 210 cm³/mol. The summed E-state index contributed by atoms with van der Waals surface area (Å²) < 4.78 is 18.4. The molecule has 3 aliphatic heterocycles. The minimum absolute atomic E-state index is 0.0800. The van der Waals surface area contributed by atoms with E-state index in [0.717, 1.165) is 127 Å². The number of anilines is 2. The van der Waals surface area contributed by atoms with Gasteiger partial charge in [0.1, 0.15) is 17.0 Å². The van der Waals surface area contributed by atoms with Gasteiger partial charge in [0.25, 0.3) is 5.91 Å². The third kappa shape index (κ3) is 7.51. The van der Waals surface area contributed by atoms with Crippen LogP contribution in [0.5, 0.6) is 11.5 Å². The summed E-state index contributed by atoms with van der Waals surface area (Å²) in [5.41, 5.74) is 5.31. The van der Waals surface area contributed by atoms with Crippen molar-refractivity contribution in [3.05, 3.63) is 82.9 Å². The SMILES string of the molecule is CCN(CC)c1ccc2c(c1)Oc1cc(N(CC)CC)ccc1C21c2ccccc2C(=O)N1CCN1CCSCCOCCOCCSCC1. The Kier molecular flexibility index (Phi) is 13.0. The standard InChI is InChI=1S/C40H54N4O4S2/c1-5-42(6-2)31-13-15-35-37(29-31)48-38-30-32(43(7-3)8-4)14-16-36(38)40(35)34-12-10-9-11-33(34)39(45)44(40)18-17-41-19-25-49-27-23-46-21-22-47-24-28-50-26-20-41/h9-16,29-30H,5-8,17-28H2,1-4H3. The fourth-order valence-corrected chi connectivity index (χ4v) is 9.28. The van der Waals surface area contributed by atoms with Crippen molar-refractivity contribution >= 4 is 40.8 Å². The number of amides is 1. The highest BCUT2D eigenvalue weighted by atomic mass is 32.2. The van der Waals surface area contributed by atoms with Crippen molar-refractivity contribution < 1.29 is 19.0 Å². The summed E-state index contributed by atoms with van der Waals surface area (Å²) in [5.74, 6) is 5.74. The van der Waals surface area contributed by atoms with E-state index in [2.05, 4.69) is 95.8 Å². The van der Waals surface area contributed by atoms with E-state index in [1.807, 2.05) is 35.7 Å². The maximum absolute atomic E-state index is 14.7. The molecule has 0 saturated carbocycles. The quantitative estimate of drug-likeness (QED) is 0.232. The minimum Gasteiger partial charge on any atom is -0.456 e. The van der Waals surface area contributed by atoms with E-state index in [4.69, 9.17) is 14.2 Å². The average molecular weight is 719 g/mol. The fraction of sp³-hybridized carbons (Fsp3) is 0.525. The molecule has 6 rings (SSSR count). The molecule has 3 aromatic carbocycles. The first-order valence-corrected chi connectivity index (χ1v) is 20.8. The Morgan fingerprint density at radius 2 is 1.20 bits per heavy atom. The number of ether oxygens (including phenoxy) is 3. The van der Waals surface area contributed by atoms with Crippen molar-refractivity contribution in [1.82, 2.24) is 9.80 Å². The van der Waals surface area contributed by atoms with Crippen LogP contribution >= 0.6 is 23.5 Å². The molecule has 3 aromatic rings. The average Bonchev–Trinajstić information content (AvgIpc) is 3.37. The lowest BCUT2D eigenvalue weighted by Crippen LogP contribution is -2.50. The van der Waals surface area contributed by atoms with Gasteiger partial charge in [0.05, 0.1) is 26.4 Å². The van der Waals surface area contributed by atoms with Crippen LogP contribution < -0.4 is 14.5 Å².